The number of hydrogen-bond acceptors (Lipinski definition) is 4. The Balaban J connectivity index is 2.05. The Bertz CT molecular complexity index is 772. The molecule has 2 aromatic rings. The van der Waals surface area contributed by atoms with E-state index in [9.17, 15) is 9.59 Å². The van der Waals surface area contributed by atoms with Crippen molar-refractivity contribution in [2.24, 2.45) is 7.05 Å². The van der Waals surface area contributed by atoms with E-state index in [1.54, 1.807) is 7.05 Å². The second kappa shape index (κ2) is 5.83. The molecule has 0 spiro atoms. The van der Waals surface area contributed by atoms with Crippen LogP contribution < -0.4 is 5.56 Å². The lowest BCUT2D eigenvalue weighted by molar-refractivity contribution is 0.0698. The molecule has 1 amide bonds. The number of aromatic nitrogens is 2. The Kier molecular flexibility index (Phi) is 4.04. The molecule has 1 aliphatic carbocycles. The van der Waals surface area contributed by atoms with Crippen molar-refractivity contribution in [3.63, 3.8) is 0 Å². The van der Waals surface area contributed by atoms with Crippen LogP contribution in [0.1, 0.15) is 47.8 Å². The minimum absolute atomic E-state index is 0.0527. The van der Waals surface area contributed by atoms with Crippen LogP contribution in [0.3, 0.4) is 0 Å². The fourth-order valence-electron chi connectivity index (χ4n) is 3.33. The first-order valence-electron chi connectivity index (χ1n) is 7.80. The van der Waals surface area contributed by atoms with E-state index in [-0.39, 0.29) is 11.5 Å². The third-order valence-corrected chi connectivity index (χ3v) is 5.76. The van der Waals surface area contributed by atoms with Gasteiger partial charge in [-0.2, -0.15) is 0 Å². The summed E-state index contributed by atoms with van der Waals surface area (Å²) in [4.78, 5) is 32.8. The minimum Gasteiger partial charge on any atom is -0.335 e. The summed E-state index contributed by atoms with van der Waals surface area (Å²) in [7, 11) is 1.68. The van der Waals surface area contributed by atoms with Crippen LogP contribution in [0.2, 0.25) is 0 Å². The predicted molar refractivity (Wildman–Crippen MR) is 88.6 cm³/mol. The summed E-state index contributed by atoms with van der Waals surface area (Å²) in [5, 5.41) is 0.584. The molecule has 1 fully saturated rings. The van der Waals surface area contributed by atoms with Crippen LogP contribution in [0, 0.1) is 6.92 Å². The molecule has 1 saturated carbocycles. The van der Waals surface area contributed by atoms with Crippen LogP contribution >= 0.6 is 11.3 Å². The highest BCUT2D eigenvalue weighted by Gasteiger charge is 2.29. The average Bonchev–Trinajstić information content (AvgIpc) is 3.12. The lowest BCUT2D eigenvalue weighted by Crippen LogP contribution is -2.38. The van der Waals surface area contributed by atoms with Crippen molar-refractivity contribution in [3.8, 4) is 0 Å². The summed E-state index contributed by atoms with van der Waals surface area (Å²) in [6, 6.07) is 0.345. The van der Waals surface area contributed by atoms with Gasteiger partial charge in [0.2, 0.25) is 0 Å². The Morgan fingerprint density at radius 2 is 2.14 bits per heavy atom. The van der Waals surface area contributed by atoms with Crippen molar-refractivity contribution >= 4 is 27.5 Å². The highest BCUT2D eigenvalue weighted by Crippen LogP contribution is 2.31. The summed E-state index contributed by atoms with van der Waals surface area (Å²) in [6.45, 7) is 4.59. The van der Waals surface area contributed by atoms with Gasteiger partial charge in [-0.3, -0.25) is 9.59 Å². The van der Waals surface area contributed by atoms with Gasteiger partial charge in [-0.25, -0.2) is 4.98 Å². The highest BCUT2D eigenvalue weighted by atomic mass is 32.1. The van der Waals surface area contributed by atoms with Gasteiger partial charge in [0.25, 0.3) is 11.5 Å². The first kappa shape index (κ1) is 15.2. The fourth-order valence-corrected chi connectivity index (χ4v) is 4.42. The van der Waals surface area contributed by atoms with Gasteiger partial charge in [-0.05, 0) is 32.3 Å². The third-order valence-electron chi connectivity index (χ3n) is 4.57. The molecule has 6 heteroatoms. The van der Waals surface area contributed by atoms with E-state index in [1.807, 2.05) is 18.7 Å². The molecule has 2 heterocycles. The van der Waals surface area contributed by atoms with Crippen LogP contribution in [0.25, 0.3) is 10.2 Å². The maximum atomic E-state index is 12.9. The maximum Gasteiger partial charge on any atom is 0.264 e. The summed E-state index contributed by atoms with van der Waals surface area (Å²) in [5.74, 6) is 0.0527. The number of hydrogen-bond donors (Lipinski definition) is 0. The molecular weight excluding hydrogens is 298 g/mol. The van der Waals surface area contributed by atoms with Gasteiger partial charge in [-0.1, -0.05) is 12.8 Å². The number of carbonyl (C=O) groups excluding carboxylic acids is 1. The molecule has 1 aliphatic rings. The lowest BCUT2D eigenvalue weighted by atomic mass is 10.1. The van der Waals surface area contributed by atoms with Crippen LogP contribution in [-0.2, 0) is 7.05 Å². The maximum absolute atomic E-state index is 12.9. The fraction of sp³-hybridized carbons (Fsp3) is 0.562. The predicted octanol–water partition coefficient (Wildman–Crippen LogP) is 2.71. The number of thiophene rings is 1. The molecule has 0 N–H and O–H groups in total. The van der Waals surface area contributed by atoms with E-state index in [0.717, 1.165) is 18.4 Å². The van der Waals surface area contributed by atoms with E-state index in [0.29, 0.717) is 27.7 Å². The zero-order chi connectivity index (χ0) is 15.9. The van der Waals surface area contributed by atoms with Crippen molar-refractivity contribution in [2.75, 3.05) is 6.54 Å². The summed E-state index contributed by atoms with van der Waals surface area (Å²) in [6.07, 6.45) is 6.08. The zero-order valence-corrected chi connectivity index (χ0v) is 14.1. The molecule has 2 aromatic heterocycles. The average molecular weight is 319 g/mol. The molecule has 0 saturated heterocycles. The Morgan fingerprint density at radius 1 is 1.45 bits per heavy atom. The molecule has 0 bridgehead atoms. The third kappa shape index (κ3) is 2.35. The number of carbonyl (C=O) groups is 1. The molecule has 0 aromatic carbocycles. The van der Waals surface area contributed by atoms with Crippen molar-refractivity contribution in [1.82, 2.24) is 14.5 Å². The quantitative estimate of drug-likeness (QED) is 0.874. The first-order valence-corrected chi connectivity index (χ1v) is 8.62. The topological polar surface area (TPSA) is 55.2 Å². The van der Waals surface area contributed by atoms with Crippen molar-refractivity contribution < 1.29 is 4.79 Å². The summed E-state index contributed by atoms with van der Waals surface area (Å²) in [5.41, 5.74) is 0.692. The van der Waals surface area contributed by atoms with Gasteiger partial charge >= 0.3 is 0 Å². The van der Waals surface area contributed by atoms with E-state index >= 15 is 0 Å². The highest BCUT2D eigenvalue weighted by molar-refractivity contribution is 7.20. The molecule has 22 heavy (non-hydrogen) atoms. The molecule has 0 atom stereocenters. The number of fused-ring (bicyclic) bond motifs is 1. The van der Waals surface area contributed by atoms with Crippen molar-refractivity contribution in [2.45, 2.75) is 45.6 Å². The Labute approximate surface area is 133 Å². The smallest absolute Gasteiger partial charge is 0.264 e. The first-order chi connectivity index (χ1) is 10.5. The summed E-state index contributed by atoms with van der Waals surface area (Å²) < 4.78 is 1.46. The number of rotatable bonds is 3. The second-order valence-electron chi connectivity index (χ2n) is 5.93. The van der Waals surface area contributed by atoms with Crippen LogP contribution in [0.5, 0.6) is 0 Å². The number of amides is 1. The van der Waals surface area contributed by atoms with Crippen LogP contribution in [0.4, 0.5) is 0 Å². The van der Waals surface area contributed by atoms with Gasteiger partial charge in [0.15, 0.2) is 0 Å². The zero-order valence-electron chi connectivity index (χ0n) is 13.3. The SMILES string of the molecule is CCN(C(=O)c1sc2ncn(C)c(=O)c2c1C)C1CCCC1. The molecule has 3 rings (SSSR count). The summed E-state index contributed by atoms with van der Waals surface area (Å²) >= 11 is 1.34. The van der Waals surface area contributed by atoms with Gasteiger partial charge in [-0.15, -0.1) is 11.3 Å². The molecular formula is C16H21N3O2S. The minimum atomic E-state index is -0.0817. The van der Waals surface area contributed by atoms with E-state index < -0.39 is 0 Å². The van der Waals surface area contributed by atoms with E-state index in [1.165, 1.54) is 35.1 Å². The monoisotopic (exact) mass is 319 g/mol. The van der Waals surface area contributed by atoms with Gasteiger partial charge in [0.05, 0.1) is 16.6 Å². The molecule has 0 radical (unpaired) electrons. The number of aryl methyl sites for hydroxylation is 2. The largest absolute Gasteiger partial charge is 0.335 e. The van der Waals surface area contributed by atoms with Crippen LogP contribution in [0.15, 0.2) is 11.1 Å². The van der Waals surface area contributed by atoms with Gasteiger partial charge in [0.1, 0.15) is 4.83 Å². The lowest BCUT2D eigenvalue weighted by Gasteiger charge is -2.27. The second-order valence-corrected chi connectivity index (χ2v) is 6.93. The normalized spacial score (nSPS) is 15.6. The van der Waals surface area contributed by atoms with Crippen molar-refractivity contribution in [1.29, 1.82) is 0 Å². The van der Waals surface area contributed by atoms with E-state index in [4.69, 9.17) is 0 Å². The van der Waals surface area contributed by atoms with Crippen molar-refractivity contribution in [3.05, 3.63) is 27.1 Å². The van der Waals surface area contributed by atoms with Gasteiger partial charge < -0.3 is 9.47 Å². The van der Waals surface area contributed by atoms with Gasteiger partial charge in [0, 0.05) is 19.6 Å². The molecule has 118 valence electrons. The molecule has 5 nitrogen and oxygen atoms in total. The Morgan fingerprint density at radius 3 is 2.77 bits per heavy atom. The standard InChI is InChI=1S/C16H21N3O2S/c1-4-19(11-7-5-6-8-11)16(21)13-10(2)12-14(22-13)17-9-18(3)15(12)20/h9,11H,4-8H2,1-3H3. The molecule has 0 unspecified atom stereocenters. The number of nitrogens with zero attached hydrogens (tertiary/aromatic N) is 3. The van der Waals surface area contributed by atoms with Crippen LogP contribution in [-0.4, -0.2) is 32.9 Å². The Hall–Kier alpha value is -1.69. The molecule has 0 aliphatic heterocycles. The van der Waals surface area contributed by atoms with E-state index in [2.05, 4.69) is 4.98 Å².